The van der Waals surface area contributed by atoms with Crippen LogP contribution < -0.4 is 11.2 Å². The highest BCUT2D eigenvalue weighted by molar-refractivity contribution is 7.18. The first-order valence-corrected chi connectivity index (χ1v) is 12.0. The lowest BCUT2D eigenvalue weighted by molar-refractivity contribution is -0.143. The zero-order valence-electron chi connectivity index (χ0n) is 17.9. The number of hydrogen-bond donors (Lipinski definition) is 0. The summed E-state index contributed by atoms with van der Waals surface area (Å²) in [6.45, 7) is 7.25. The Morgan fingerprint density at radius 3 is 2.63 bits per heavy atom. The average molecular weight is 434 g/mol. The molecule has 1 unspecified atom stereocenters. The second-order valence-corrected chi connectivity index (χ2v) is 9.65. The lowest BCUT2D eigenvalue weighted by Crippen LogP contribution is -2.43. The summed E-state index contributed by atoms with van der Waals surface area (Å²) in [5.74, 6) is -0.0296. The van der Waals surface area contributed by atoms with E-state index >= 15 is 0 Å². The fourth-order valence-electron chi connectivity index (χ4n) is 4.71. The highest BCUT2D eigenvalue weighted by Gasteiger charge is 2.26. The number of piperidine rings is 1. The fourth-order valence-corrected chi connectivity index (χ4v) is 6.06. The Labute approximate surface area is 180 Å². The van der Waals surface area contributed by atoms with Gasteiger partial charge < -0.3 is 9.64 Å². The molecule has 0 saturated carbocycles. The molecule has 0 amide bonds. The van der Waals surface area contributed by atoms with E-state index in [1.807, 2.05) is 0 Å². The number of fused-ring (bicyclic) bond motifs is 3. The molecule has 1 fully saturated rings. The van der Waals surface area contributed by atoms with E-state index in [2.05, 4.69) is 11.8 Å². The average Bonchev–Trinajstić information content (AvgIpc) is 3.10. The Hall–Kier alpha value is -1.93. The maximum atomic E-state index is 13.3. The molecule has 7 nitrogen and oxygen atoms in total. The molecule has 4 rings (SSSR count). The predicted molar refractivity (Wildman–Crippen MR) is 118 cm³/mol. The van der Waals surface area contributed by atoms with Gasteiger partial charge in [-0.05, 0) is 63.6 Å². The Morgan fingerprint density at radius 1 is 1.13 bits per heavy atom. The van der Waals surface area contributed by atoms with Crippen LogP contribution in [0.3, 0.4) is 0 Å². The molecular weight excluding hydrogens is 402 g/mol. The van der Waals surface area contributed by atoms with Crippen molar-refractivity contribution < 1.29 is 9.53 Å². The van der Waals surface area contributed by atoms with Crippen molar-refractivity contribution >= 4 is 27.5 Å². The molecule has 8 heteroatoms. The van der Waals surface area contributed by atoms with Gasteiger partial charge in [-0.1, -0.05) is 13.3 Å². The van der Waals surface area contributed by atoms with Crippen molar-refractivity contribution in [2.24, 2.45) is 5.92 Å². The number of carbonyl (C=O) groups is 1. The third-order valence-electron chi connectivity index (χ3n) is 6.34. The predicted octanol–water partition coefficient (Wildman–Crippen LogP) is 2.40. The van der Waals surface area contributed by atoms with E-state index in [9.17, 15) is 14.4 Å². The van der Waals surface area contributed by atoms with Gasteiger partial charge in [-0.15, -0.1) is 11.3 Å². The van der Waals surface area contributed by atoms with Crippen LogP contribution in [0.15, 0.2) is 9.59 Å². The number of esters is 1. The van der Waals surface area contributed by atoms with Crippen LogP contribution in [0.2, 0.25) is 0 Å². The van der Waals surface area contributed by atoms with Crippen LogP contribution in [0.25, 0.3) is 10.2 Å². The Kier molecular flexibility index (Phi) is 6.43. The Bertz CT molecular complexity index is 1050. The molecule has 30 heavy (non-hydrogen) atoms. The van der Waals surface area contributed by atoms with Gasteiger partial charge in [0.2, 0.25) is 0 Å². The molecule has 0 bridgehead atoms. The van der Waals surface area contributed by atoms with Crippen molar-refractivity contribution in [1.29, 1.82) is 0 Å². The number of thiophene rings is 1. The van der Waals surface area contributed by atoms with Crippen LogP contribution in [0.4, 0.5) is 0 Å². The van der Waals surface area contributed by atoms with E-state index in [0.29, 0.717) is 17.8 Å². The van der Waals surface area contributed by atoms with Crippen LogP contribution >= 0.6 is 11.3 Å². The first-order valence-electron chi connectivity index (χ1n) is 11.2. The van der Waals surface area contributed by atoms with Crippen LogP contribution in [0.1, 0.15) is 50.0 Å². The zero-order valence-corrected chi connectivity index (χ0v) is 18.8. The van der Waals surface area contributed by atoms with E-state index in [-0.39, 0.29) is 18.7 Å². The number of hydrogen-bond acceptors (Lipinski definition) is 6. The molecule has 0 spiro atoms. The quantitative estimate of drug-likeness (QED) is 0.654. The molecule has 2 aliphatic rings. The minimum Gasteiger partial charge on any atom is -0.465 e. The lowest BCUT2D eigenvalue weighted by Gasteiger charge is -2.26. The van der Waals surface area contributed by atoms with E-state index in [4.69, 9.17) is 4.74 Å². The second-order valence-electron chi connectivity index (χ2n) is 8.56. The summed E-state index contributed by atoms with van der Waals surface area (Å²) in [5, 5.41) is 0.643. The van der Waals surface area contributed by atoms with Crippen LogP contribution in [-0.4, -0.2) is 46.2 Å². The van der Waals surface area contributed by atoms with Crippen LogP contribution in [0.5, 0.6) is 0 Å². The molecule has 0 N–H and O–H groups in total. The largest absolute Gasteiger partial charge is 0.465 e. The summed E-state index contributed by atoms with van der Waals surface area (Å²) in [7, 11) is 0. The monoisotopic (exact) mass is 433 g/mol. The number of nitrogens with zero attached hydrogens (tertiary/aromatic N) is 3. The van der Waals surface area contributed by atoms with E-state index in [1.165, 1.54) is 24.1 Å². The molecule has 0 aromatic carbocycles. The van der Waals surface area contributed by atoms with E-state index in [0.717, 1.165) is 53.9 Å². The topological polar surface area (TPSA) is 73.5 Å². The van der Waals surface area contributed by atoms with Gasteiger partial charge in [-0.25, -0.2) is 9.36 Å². The van der Waals surface area contributed by atoms with Crippen molar-refractivity contribution in [2.45, 2.75) is 65.5 Å². The minimum absolute atomic E-state index is 0.227. The molecule has 1 atom stereocenters. The molecule has 1 aliphatic heterocycles. The summed E-state index contributed by atoms with van der Waals surface area (Å²) in [4.78, 5) is 43.1. The highest BCUT2D eigenvalue weighted by atomic mass is 32.1. The summed E-state index contributed by atoms with van der Waals surface area (Å²) >= 11 is 1.60. The molecule has 1 aliphatic carbocycles. The summed E-state index contributed by atoms with van der Waals surface area (Å²) in [6.07, 6.45) is 6.56. The lowest BCUT2D eigenvalue weighted by atomic mass is 9.89. The SMILES string of the molecule is CCOC(=O)Cn1c(=O)c2c3c(sc2n(CCN2CCCCC2)c1=O)CCC(C)C3. The number of carbonyl (C=O) groups excluding carboxylic acids is 1. The van der Waals surface area contributed by atoms with Gasteiger partial charge in [0.05, 0.1) is 12.0 Å². The maximum Gasteiger partial charge on any atom is 0.332 e. The number of ether oxygens (including phenoxy) is 1. The molecule has 1 saturated heterocycles. The number of likely N-dealkylation sites (tertiary alicyclic amines) is 1. The standard InChI is InChI=1S/C22H31N3O4S/c1-3-29-18(26)14-25-20(27)19-16-13-15(2)7-8-17(16)30-21(19)24(22(25)28)12-11-23-9-5-4-6-10-23/h15H,3-14H2,1-2H3. The molecule has 3 heterocycles. The third-order valence-corrected chi connectivity index (χ3v) is 7.65. The van der Waals surface area contributed by atoms with E-state index in [1.54, 1.807) is 22.8 Å². The van der Waals surface area contributed by atoms with Crippen molar-refractivity contribution in [3.8, 4) is 0 Å². The van der Waals surface area contributed by atoms with Crippen LogP contribution in [-0.2, 0) is 35.5 Å². The highest BCUT2D eigenvalue weighted by Crippen LogP contribution is 2.36. The Balaban J connectivity index is 1.80. The van der Waals surface area contributed by atoms with Crippen molar-refractivity contribution in [3.63, 3.8) is 0 Å². The van der Waals surface area contributed by atoms with Crippen molar-refractivity contribution in [3.05, 3.63) is 31.3 Å². The first kappa shape index (κ1) is 21.3. The summed E-state index contributed by atoms with van der Waals surface area (Å²) in [6, 6.07) is 0. The van der Waals surface area contributed by atoms with Gasteiger partial charge in [0.1, 0.15) is 11.4 Å². The van der Waals surface area contributed by atoms with Gasteiger partial charge in [-0.3, -0.25) is 14.2 Å². The smallest absolute Gasteiger partial charge is 0.332 e. The van der Waals surface area contributed by atoms with Crippen LogP contribution in [0, 0.1) is 5.92 Å². The molecule has 164 valence electrons. The first-order chi connectivity index (χ1) is 14.5. The Morgan fingerprint density at radius 2 is 1.90 bits per heavy atom. The zero-order chi connectivity index (χ0) is 21.3. The van der Waals surface area contributed by atoms with Gasteiger partial charge in [-0.2, -0.15) is 0 Å². The van der Waals surface area contributed by atoms with E-state index < -0.39 is 11.7 Å². The fraction of sp³-hybridized carbons (Fsp3) is 0.682. The molecule has 0 radical (unpaired) electrons. The second kappa shape index (κ2) is 9.06. The third kappa shape index (κ3) is 4.12. The maximum absolute atomic E-state index is 13.3. The summed E-state index contributed by atoms with van der Waals surface area (Å²) in [5.41, 5.74) is 0.344. The number of aryl methyl sites for hydroxylation is 1. The van der Waals surface area contributed by atoms with Crippen molar-refractivity contribution in [1.82, 2.24) is 14.0 Å². The van der Waals surface area contributed by atoms with Crippen molar-refractivity contribution in [2.75, 3.05) is 26.2 Å². The molecule has 2 aromatic rings. The normalized spacial score (nSPS) is 19.7. The van der Waals surface area contributed by atoms with Gasteiger partial charge >= 0.3 is 11.7 Å². The van der Waals surface area contributed by atoms with Gasteiger partial charge in [0, 0.05) is 18.0 Å². The van der Waals surface area contributed by atoms with Gasteiger partial charge in [0.15, 0.2) is 0 Å². The minimum atomic E-state index is -0.545. The van der Waals surface area contributed by atoms with Gasteiger partial charge in [0.25, 0.3) is 5.56 Å². The summed E-state index contributed by atoms with van der Waals surface area (Å²) < 4.78 is 7.84. The number of rotatable bonds is 6. The molecule has 2 aromatic heterocycles. The number of aromatic nitrogens is 2. The molecular formula is C22H31N3O4S.